The minimum atomic E-state index is -0.517. The van der Waals surface area contributed by atoms with Gasteiger partial charge >= 0.3 is 6.09 Å². The summed E-state index contributed by atoms with van der Waals surface area (Å²) in [6, 6.07) is 7.62. The Morgan fingerprint density at radius 3 is 2.48 bits per heavy atom. The number of amides is 2. The van der Waals surface area contributed by atoms with Crippen molar-refractivity contribution in [3.8, 4) is 0 Å². The van der Waals surface area contributed by atoms with Crippen molar-refractivity contribution < 1.29 is 14.3 Å². The summed E-state index contributed by atoms with van der Waals surface area (Å²) in [6.07, 6.45) is 0.363. The smallest absolute Gasteiger partial charge is 0.412 e. The lowest BCUT2D eigenvalue weighted by Crippen LogP contribution is -2.27. The summed E-state index contributed by atoms with van der Waals surface area (Å²) in [5.41, 5.74) is 6.65. The highest BCUT2D eigenvalue weighted by molar-refractivity contribution is 5.84. The van der Waals surface area contributed by atoms with E-state index in [0.29, 0.717) is 12.2 Å². The molecule has 1 fully saturated rings. The van der Waals surface area contributed by atoms with E-state index >= 15 is 0 Å². The Kier molecular flexibility index (Phi) is 5.26. The third-order valence-electron chi connectivity index (χ3n) is 3.68. The zero-order chi connectivity index (χ0) is 17.0. The number of hydrogen-bond acceptors (Lipinski definition) is 4. The van der Waals surface area contributed by atoms with Crippen LogP contribution in [-0.2, 0) is 16.1 Å². The number of hydrogen-bond donors (Lipinski definition) is 2. The molecule has 1 heterocycles. The first-order chi connectivity index (χ1) is 10.7. The molecule has 2 amide bonds. The van der Waals surface area contributed by atoms with Gasteiger partial charge in [0.05, 0.1) is 5.92 Å². The lowest BCUT2D eigenvalue weighted by atomic mass is 10.1. The second-order valence-corrected chi connectivity index (χ2v) is 6.95. The van der Waals surface area contributed by atoms with Gasteiger partial charge in [-0.1, -0.05) is 12.1 Å². The predicted molar refractivity (Wildman–Crippen MR) is 88.9 cm³/mol. The second kappa shape index (κ2) is 7.00. The third kappa shape index (κ3) is 5.56. The molecular weight excluding hydrogens is 294 g/mol. The molecule has 6 heteroatoms. The average Bonchev–Trinajstić information content (AvgIpc) is 2.87. The van der Waals surface area contributed by atoms with Crippen LogP contribution in [0.3, 0.4) is 0 Å². The van der Waals surface area contributed by atoms with Crippen molar-refractivity contribution >= 4 is 17.7 Å². The van der Waals surface area contributed by atoms with Crippen LogP contribution in [0, 0.1) is 5.92 Å². The van der Waals surface area contributed by atoms with Crippen LogP contribution in [0.4, 0.5) is 10.5 Å². The topological polar surface area (TPSA) is 84.7 Å². The summed E-state index contributed by atoms with van der Waals surface area (Å²) in [5.74, 6) is -0.257. The fourth-order valence-corrected chi connectivity index (χ4v) is 2.58. The molecule has 0 saturated carbocycles. The molecule has 6 nitrogen and oxygen atoms in total. The van der Waals surface area contributed by atoms with Gasteiger partial charge in [0.1, 0.15) is 5.60 Å². The molecule has 1 aliphatic heterocycles. The molecule has 1 aromatic carbocycles. The molecule has 0 radical (unpaired) electrons. The number of nitrogens with one attached hydrogen (secondary N) is 1. The largest absolute Gasteiger partial charge is 0.444 e. The van der Waals surface area contributed by atoms with Crippen LogP contribution in [0.1, 0.15) is 32.8 Å². The van der Waals surface area contributed by atoms with E-state index in [1.165, 1.54) is 0 Å². The molecule has 3 N–H and O–H groups in total. The van der Waals surface area contributed by atoms with Crippen molar-refractivity contribution in [3.63, 3.8) is 0 Å². The molecule has 0 aromatic heterocycles. The number of likely N-dealkylation sites (tertiary alicyclic amines) is 1. The molecule has 1 aliphatic rings. The SMILES string of the molecule is CC(C)(C)OC(=O)Nc1ccc(CN2CCC(C(N)=O)C2)cc1. The van der Waals surface area contributed by atoms with Gasteiger partial charge in [0.2, 0.25) is 5.91 Å². The van der Waals surface area contributed by atoms with Crippen LogP contribution in [0.15, 0.2) is 24.3 Å². The number of rotatable bonds is 4. The molecule has 0 bridgehead atoms. The van der Waals surface area contributed by atoms with E-state index in [4.69, 9.17) is 10.5 Å². The summed E-state index contributed by atoms with van der Waals surface area (Å²) in [6.45, 7) is 7.84. The first-order valence-corrected chi connectivity index (χ1v) is 7.83. The minimum absolute atomic E-state index is 0.0388. The zero-order valence-corrected chi connectivity index (χ0v) is 14.0. The van der Waals surface area contributed by atoms with Crippen LogP contribution in [0.25, 0.3) is 0 Å². The predicted octanol–water partition coefficient (Wildman–Crippen LogP) is 2.34. The molecule has 2 rings (SSSR count). The fraction of sp³-hybridized carbons (Fsp3) is 0.529. The first kappa shape index (κ1) is 17.3. The van der Waals surface area contributed by atoms with Crippen LogP contribution in [-0.4, -0.2) is 35.6 Å². The number of primary amides is 1. The number of nitrogens with two attached hydrogens (primary N) is 1. The van der Waals surface area contributed by atoms with Gasteiger partial charge in [-0.05, 0) is 51.4 Å². The Morgan fingerprint density at radius 1 is 1.30 bits per heavy atom. The molecule has 1 aromatic rings. The summed E-state index contributed by atoms with van der Waals surface area (Å²) in [5, 5.41) is 2.71. The number of nitrogens with zero attached hydrogens (tertiary/aromatic N) is 1. The van der Waals surface area contributed by atoms with E-state index in [1.54, 1.807) is 0 Å². The van der Waals surface area contributed by atoms with E-state index in [0.717, 1.165) is 25.1 Å². The highest BCUT2D eigenvalue weighted by Gasteiger charge is 2.26. The van der Waals surface area contributed by atoms with Crippen molar-refractivity contribution in [1.82, 2.24) is 4.90 Å². The molecule has 1 atom stereocenters. The second-order valence-electron chi connectivity index (χ2n) is 6.95. The number of ether oxygens (including phenoxy) is 1. The fourth-order valence-electron chi connectivity index (χ4n) is 2.58. The molecular formula is C17H25N3O3. The number of carbonyl (C=O) groups excluding carboxylic acids is 2. The maximum absolute atomic E-state index is 11.7. The van der Waals surface area contributed by atoms with Crippen molar-refractivity contribution in [2.45, 2.75) is 39.3 Å². The Morgan fingerprint density at radius 2 is 1.96 bits per heavy atom. The molecule has 1 unspecified atom stereocenters. The highest BCUT2D eigenvalue weighted by atomic mass is 16.6. The average molecular weight is 319 g/mol. The normalized spacial score (nSPS) is 18.7. The van der Waals surface area contributed by atoms with E-state index in [-0.39, 0.29) is 11.8 Å². The molecule has 126 valence electrons. The van der Waals surface area contributed by atoms with Gasteiger partial charge < -0.3 is 10.5 Å². The van der Waals surface area contributed by atoms with Gasteiger partial charge in [0.25, 0.3) is 0 Å². The minimum Gasteiger partial charge on any atom is -0.444 e. The zero-order valence-electron chi connectivity index (χ0n) is 14.0. The van der Waals surface area contributed by atoms with Crippen LogP contribution < -0.4 is 11.1 Å². The lowest BCUT2D eigenvalue weighted by molar-refractivity contribution is -0.121. The van der Waals surface area contributed by atoms with Crippen LogP contribution >= 0.6 is 0 Å². The maximum atomic E-state index is 11.7. The van der Waals surface area contributed by atoms with Crippen molar-refractivity contribution in [2.24, 2.45) is 11.7 Å². The van der Waals surface area contributed by atoms with Gasteiger partial charge in [-0.25, -0.2) is 4.79 Å². The van der Waals surface area contributed by atoms with Crippen LogP contribution in [0.2, 0.25) is 0 Å². The maximum Gasteiger partial charge on any atom is 0.412 e. The third-order valence-corrected chi connectivity index (χ3v) is 3.68. The van der Waals surface area contributed by atoms with Crippen molar-refractivity contribution in [1.29, 1.82) is 0 Å². The van der Waals surface area contributed by atoms with Gasteiger partial charge in [0, 0.05) is 18.8 Å². The van der Waals surface area contributed by atoms with Gasteiger partial charge in [0.15, 0.2) is 0 Å². The monoisotopic (exact) mass is 319 g/mol. The van der Waals surface area contributed by atoms with Gasteiger partial charge in [-0.3, -0.25) is 15.0 Å². The van der Waals surface area contributed by atoms with Crippen molar-refractivity contribution in [2.75, 3.05) is 18.4 Å². The standard InChI is InChI=1S/C17H25N3O3/c1-17(2,3)23-16(22)19-14-6-4-12(5-7-14)10-20-9-8-13(11-20)15(18)21/h4-7,13H,8-11H2,1-3H3,(H2,18,21)(H,19,22). The van der Waals surface area contributed by atoms with E-state index in [2.05, 4.69) is 10.2 Å². The Hall–Kier alpha value is -2.08. The summed E-state index contributed by atoms with van der Waals surface area (Å²) < 4.78 is 5.21. The Bertz CT molecular complexity index is 563. The summed E-state index contributed by atoms with van der Waals surface area (Å²) >= 11 is 0. The van der Waals surface area contributed by atoms with E-state index in [9.17, 15) is 9.59 Å². The lowest BCUT2D eigenvalue weighted by Gasteiger charge is -2.20. The summed E-state index contributed by atoms with van der Waals surface area (Å²) in [7, 11) is 0. The number of benzene rings is 1. The quantitative estimate of drug-likeness (QED) is 0.892. The highest BCUT2D eigenvalue weighted by Crippen LogP contribution is 2.19. The Labute approximate surface area is 137 Å². The summed E-state index contributed by atoms with van der Waals surface area (Å²) in [4.78, 5) is 25.1. The van der Waals surface area contributed by atoms with Crippen molar-refractivity contribution in [3.05, 3.63) is 29.8 Å². The number of carbonyl (C=O) groups is 2. The molecule has 0 spiro atoms. The Balaban J connectivity index is 1.85. The molecule has 23 heavy (non-hydrogen) atoms. The van der Waals surface area contributed by atoms with E-state index in [1.807, 2.05) is 45.0 Å². The molecule has 0 aliphatic carbocycles. The first-order valence-electron chi connectivity index (χ1n) is 7.83. The van der Waals surface area contributed by atoms with Crippen LogP contribution in [0.5, 0.6) is 0 Å². The molecule has 1 saturated heterocycles. The number of anilines is 1. The van der Waals surface area contributed by atoms with Gasteiger partial charge in [-0.2, -0.15) is 0 Å². The van der Waals surface area contributed by atoms with Gasteiger partial charge in [-0.15, -0.1) is 0 Å². The van der Waals surface area contributed by atoms with E-state index < -0.39 is 11.7 Å².